The van der Waals surface area contributed by atoms with Crippen molar-refractivity contribution < 1.29 is 71.7 Å². The van der Waals surface area contributed by atoms with Gasteiger partial charge in [0.15, 0.2) is 34.7 Å². The molecule has 6 aromatic rings. The van der Waals surface area contributed by atoms with Gasteiger partial charge in [-0.2, -0.15) is 0 Å². The summed E-state index contributed by atoms with van der Waals surface area (Å²) in [5, 5.41) is 18.2. The molecule has 26 heteroatoms. The smallest absolute Gasteiger partial charge is 0.243 e. The lowest BCUT2D eigenvalue weighted by Crippen LogP contribution is -2.44. The summed E-state index contributed by atoms with van der Waals surface area (Å²) in [6.07, 6.45) is 23.8. The lowest BCUT2D eigenvalue weighted by atomic mass is 9.89. The molecule has 0 radical (unpaired) electrons. The van der Waals surface area contributed by atoms with Crippen LogP contribution in [0.1, 0.15) is 256 Å². The Morgan fingerprint density at radius 3 is 1.16 bits per heavy atom. The maximum atomic E-state index is 14.1. The molecule has 0 unspecified atom stereocenters. The number of benzene rings is 3. The highest BCUT2D eigenvalue weighted by molar-refractivity contribution is 6.11. The molecule has 5 N–H and O–H groups in total. The third-order valence-electron chi connectivity index (χ3n) is 27.2. The molecule has 6 bridgehead atoms. The maximum absolute atomic E-state index is 14.1. The molecule has 3 aromatic heterocycles. The van der Waals surface area contributed by atoms with Gasteiger partial charge in [-0.15, -0.1) is 0 Å². The molecular formula is C93H123N11O15. The first-order valence-corrected chi connectivity index (χ1v) is 44.2. The second-order valence-electron chi connectivity index (χ2n) is 36.3. The van der Waals surface area contributed by atoms with Gasteiger partial charge in [-0.25, -0.2) is 0 Å². The predicted molar refractivity (Wildman–Crippen MR) is 453 cm³/mol. The Kier molecular flexibility index (Phi) is 26.4. The number of Topliss-reactive ketones (excluding diaryl/α,β-unsaturated/α-hetero) is 6. The number of ketones is 6. The molecule has 4 saturated carbocycles. The van der Waals surface area contributed by atoms with Crippen LogP contribution in [0, 0.1) is 28.1 Å². The number of ether oxygens (including phenoxy) is 3. The fraction of sp³-hybridized carbons (Fsp3) is 0.613. The molecule has 640 valence electrons. The summed E-state index contributed by atoms with van der Waals surface area (Å²) in [6.45, 7) is 19.6. The lowest BCUT2D eigenvalue weighted by Gasteiger charge is -2.27. The average molecular weight is 1640 g/mol. The Hall–Kier alpha value is -9.40. The second-order valence-corrected chi connectivity index (χ2v) is 36.3. The van der Waals surface area contributed by atoms with Crippen molar-refractivity contribution in [1.82, 2.24) is 44.4 Å². The summed E-state index contributed by atoms with van der Waals surface area (Å²) in [4.78, 5) is 162. The molecule has 6 amide bonds. The molecule has 9 atom stereocenters. The average Bonchev–Trinajstić information content (AvgIpc) is 1.54. The van der Waals surface area contributed by atoms with Gasteiger partial charge >= 0.3 is 0 Å². The Labute approximate surface area is 697 Å². The predicted octanol–water partition coefficient (Wildman–Crippen LogP) is 12.2. The largest absolute Gasteiger partial charge is 0.388 e. The van der Waals surface area contributed by atoms with Crippen molar-refractivity contribution in [2.45, 2.75) is 285 Å². The summed E-state index contributed by atoms with van der Waals surface area (Å²) in [5.41, 5.74) is 8.96. The molecule has 7 fully saturated rings. The van der Waals surface area contributed by atoms with Crippen molar-refractivity contribution in [3.8, 4) is 0 Å². The number of hydrogen-bond donors (Lipinski definition) is 5. The van der Waals surface area contributed by atoms with Gasteiger partial charge in [0.05, 0.1) is 54.5 Å². The Bertz CT molecular complexity index is 4950. The van der Waals surface area contributed by atoms with E-state index in [9.17, 15) is 57.5 Å². The number of carbonyl (C=O) groups excluding carboxylic acids is 12. The standard InChI is InChI=1S/C34H46N4O5.C31H41N3O5.C28H36N4O5/c1-3-29(40)28-15-34-16-30(34)38(28)32(42)20-37-19-27(22(2)39)26-14-25(35-17-23-9-5-4-6-10-23)13-24(33(26)37)18-36-31(41)11-7-8-12-43-21-34;1-5-26(36)25-13-31-14-27(31)34(25)29(38)17-33-16-24(20(4)35)23-12-21(10-19(2)3)11-22(30(23)33)15-32-28(37)8-6-7-9-39-18-31;1-4-23(34)22-11-28-12-24(28)32(22)26(36)15-31-14-21(17(2)33)20-10-19(29-3)9-18(27(20)31)13-30-25(35)7-5-6-8-37-16-28/h13-14,19,23,28,30,35H,3-12,15-18,20-21H2,1-2H3,(H,36,41);11-12,16,19,25,27H,5-10,13-15,17-18H2,1-4H3,(H,32,37);9-10,14,22,24,29H,4-8,11-13,15-16H2,1-3H3,(H,30,35)/t28-,30+,34-;25-,27+,31-;22-,24+,28-/m000/s1. The van der Waals surface area contributed by atoms with Crippen LogP contribution < -0.4 is 26.6 Å². The molecule has 10 aliphatic rings. The van der Waals surface area contributed by atoms with Gasteiger partial charge in [0.25, 0.3) is 0 Å². The zero-order valence-electron chi connectivity index (χ0n) is 71.3. The maximum Gasteiger partial charge on any atom is 0.243 e. The van der Waals surface area contributed by atoms with Crippen molar-refractivity contribution >= 4 is 114 Å². The van der Waals surface area contributed by atoms with E-state index in [-0.39, 0.29) is 131 Å². The molecule has 4 aliphatic carbocycles. The van der Waals surface area contributed by atoms with E-state index in [4.69, 9.17) is 14.2 Å². The van der Waals surface area contributed by atoms with Gasteiger partial charge in [0.1, 0.15) is 19.6 Å². The van der Waals surface area contributed by atoms with E-state index in [0.717, 1.165) is 137 Å². The summed E-state index contributed by atoms with van der Waals surface area (Å²) >= 11 is 0. The fourth-order valence-corrected chi connectivity index (χ4v) is 20.7. The highest BCUT2D eigenvalue weighted by atomic mass is 16.5. The first-order chi connectivity index (χ1) is 57.2. The summed E-state index contributed by atoms with van der Waals surface area (Å²) in [6, 6.07) is 10.8. The molecule has 16 rings (SSSR count). The van der Waals surface area contributed by atoms with Gasteiger partial charge in [-0.3, -0.25) is 57.5 Å². The van der Waals surface area contributed by atoms with E-state index in [1.165, 1.54) is 39.0 Å². The van der Waals surface area contributed by atoms with E-state index >= 15 is 0 Å². The van der Waals surface area contributed by atoms with Crippen LogP contribution in [0.3, 0.4) is 0 Å². The quantitative estimate of drug-likeness (QED) is 0.0597. The fourth-order valence-electron chi connectivity index (χ4n) is 20.7. The minimum atomic E-state index is -0.429. The minimum absolute atomic E-state index is 0.00333. The van der Waals surface area contributed by atoms with Crippen LogP contribution in [0.4, 0.5) is 11.4 Å². The van der Waals surface area contributed by atoms with Crippen molar-refractivity contribution in [2.24, 2.45) is 28.1 Å². The van der Waals surface area contributed by atoms with Crippen molar-refractivity contribution in [3.05, 3.63) is 93.9 Å². The van der Waals surface area contributed by atoms with Crippen LogP contribution in [0.2, 0.25) is 0 Å². The van der Waals surface area contributed by atoms with Gasteiger partial charge in [-0.1, -0.05) is 59.9 Å². The highest BCUT2D eigenvalue weighted by Crippen LogP contribution is 2.62. The molecule has 119 heavy (non-hydrogen) atoms. The van der Waals surface area contributed by atoms with Crippen LogP contribution in [-0.4, -0.2) is 188 Å². The number of rotatable bonds is 15. The van der Waals surface area contributed by atoms with Gasteiger partial charge in [0, 0.05) is 189 Å². The van der Waals surface area contributed by atoms with E-state index < -0.39 is 18.1 Å². The Balaban J connectivity index is 0.000000147. The summed E-state index contributed by atoms with van der Waals surface area (Å²) < 4.78 is 23.6. The lowest BCUT2D eigenvalue weighted by molar-refractivity contribution is -0.139. The molecule has 9 heterocycles. The van der Waals surface area contributed by atoms with Crippen molar-refractivity contribution in [2.75, 3.05) is 63.9 Å². The van der Waals surface area contributed by atoms with Gasteiger partial charge < -0.3 is 69.2 Å². The number of nitrogens with one attached hydrogen (secondary N) is 5. The molecule has 6 aliphatic heterocycles. The third-order valence-corrected chi connectivity index (χ3v) is 27.2. The zero-order valence-corrected chi connectivity index (χ0v) is 71.3. The SMILES string of the molecule is CCC(=O)[C@@H]1C[C@]23COCCCCC(=O)NCc4cc(CC(C)C)cc5c(C(C)=O)cn(c45)CC(=O)N1[C@@H]2C3.CCC(=O)[C@@H]1C[C@]23COCCCCC(=O)NCc4cc(NC)cc5c(C(C)=O)cn(c45)CC(=O)N1[C@@H]2C3.CCC(=O)[C@@H]1C[C@]23COCCCCC(=O)NCc4cc(NCC5CCCCC5)cc5c(C(C)=O)cn(c45)CC(=O)N1[C@@H]2C3. The van der Waals surface area contributed by atoms with Crippen molar-refractivity contribution in [1.29, 1.82) is 0 Å². The number of anilines is 2. The van der Waals surface area contributed by atoms with Crippen molar-refractivity contribution in [3.63, 3.8) is 0 Å². The first-order valence-electron chi connectivity index (χ1n) is 44.2. The minimum Gasteiger partial charge on any atom is -0.388 e. The Morgan fingerprint density at radius 2 is 0.807 bits per heavy atom. The number of carbonyl (C=O) groups is 12. The molecule has 3 saturated heterocycles. The van der Waals surface area contributed by atoms with Gasteiger partial charge in [-0.05, 0) is 182 Å². The highest BCUT2D eigenvalue weighted by Gasteiger charge is 2.69. The second kappa shape index (κ2) is 36.5. The number of amides is 6. The summed E-state index contributed by atoms with van der Waals surface area (Å²) in [7, 11) is 1.81. The summed E-state index contributed by atoms with van der Waals surface area (Å²) in [5.74, 6) is 0.654. The number of hydrogen-bond acceptors (Lipinski definition) is 17. The van der Waals surface area contributed by atoms with Crippen LogP contribution in [-0.2, 0) is 103 Å². The topological polar surface area (TPSA) is 317 Å². The van der Waals surface area contributed by atoms with Crippen LogP contribution >= 0.6 is 0 Å². The van der Waals surface area contributed by atoms with E-state index in [1.54, 1.807) is 44.4 Å². The monoisotopic (exact) mass is 1630 g/mol. The van der Waals surface area contributed by atoms with Gasteiger partial charge in [0.2, 0.25) is 35.4 Å². The molecular weight excluding hydrogens is 1510 g/mol. The number of nitrogens with zero attached hydrogens (tertiary/aromatic N) is 6. The first kappa shape index (κ1) is 86.0. The van der Waals surface area contributed by atoms with E-state index in [0.29, 0.717) is 139 Å². The Morgan fingerprint density at radius 1 is 0.454 bits per heavy atom. The number of aromatic nitrogens is 3. The number of piperidine rings is 3. The van der Waals surface area contributed by atoms with Crippen LogP contribution in [0.15, 0.2) is 55.0 Å². The molecule has 0 spiro atoms. The normalized spacial score (nSPS) is 26.5. The van der Waals surface area contributed by atoms with E-state index in [1.807, 2.05) is 62.5 Å². The molecule has 3 aromatic carbocycles. The third kappa shape index (κ3) is 18.5. The molecule has 26 nitrogen and oxygen atoms in total. The van der Waals surface area contributed by atoms with Crippen LogP contribution in [0.25, 0.3) is 32.7 Å². The van der Waals surface area contributed by atoms with E-state index in [2.05, 4.69) is 58.6 Å². The van der Waals surface area contributed by atoms with Crippen LogP contribution in [0.5, 0.6) is 0 Å². The zero-order chi connectivity index (χ0) is 84.4.